The molecule has 0 aromatic heterocycles. The highest BCUT2D eigenvalue weighted by atomic mass is 16.3. The molecule has 118 valence electrons. The summed E-state index contributed by atoms with van der Waals surface area (Å²) in [4.78, 5) is 4.98. The van der Waals surface area contributed by atoms with Gasteiger partial charge in [-0.3, -0.25) is 4.90 Å². The van der Waals surface area contributed by atoms with E-state index in [1.165, 1.54) is 5.69 Å². The molecule has 1 fully saturated rings. The Kier molecular flexibility index (Phi) is 6.03. The van der Waals surface area contributed by atoms with Crippen LogP contribution >= 0.6 is 0 Å². The largest absolute Gasteiger partial charge is 0.389 e. The number of nitrogens with zero attached hydrogens (tertiary/aromatic N) is 2. The monoisotopic (exact) mass is 291 g/mol. The molecule has 1 aromatic carbocycles. The van der Waals surface area contributed by atoms with Gasteiger partial charge in [-0.05, 0) is 44.9 Å². The van der Waals surface area contributed by atoms with Gasteiger partial charge in [-0.15, -0.1) is 0 Å². The number of hydrogen-bond acceptors (Lipinski definition) is 4. The second-order valence-electron chi connectivity index (χ2n) is 6.32. The van der Waals surface area contributed by atoms with Crippen LogP contribution in [0.4, 0.5) is 5.69 Å². The van der Waals surface area contributed by atoms with Crippen molar-refractivity contribution in [3.8, 4) is 0 Å². The van der Waals surface area contributed by atoms with Gasteiger partial charge in [0, 0.05) is 38.4 Å². The number of piperazine rings is 1. The topological polar surface area (TPSA) is 52.7 Å². The zero-order valence-corrected chi connectivity index (χ0v) is 13.2. The lowest BCUT2D eigenvalue weighted by Crippen LogP contribution is -2.46. The van der Waals surface area contributed by atoms with Gasteiger partial charge in [-0.2, -0.15) is 0 Å². The summed E-state index contributed by atoms with van der Waals surface area (Å²) in [6, 6.07) is 10.6. The lowest BCUT2D eigenvalue weighted by Gasteiger charge is -2.36. The highest BCUT2D eigenvalue weighted by Crippen LogP contribution is 2.16. The molecule has 1 saturated heterocycles. The van der Waals surface area contributed by atoms with Crippen LogP contribution in [0.15, 0.2) is 30.3 Å². The van der Waals surface area contributed by atoms with Crippen LogP contribution in [-0.2, 0) is 0 Å². The van der Waals surface area contributed by atoms with E-state index >= 15 is 0 Å². The molecule has 1 unspecified atom stereocenters. The van der Waals surface area contributed by atoms with Crippen molar-refractivity contribution < 1.29 is 5.11 Å². The molecule has 0 radical (unpaired) electrons. The van der Waals surface area contributed by atoms with Crippen molar-refractivity contribution in [3.05, 3.63) is 30.3 Å². The number of para-hydroxylation sites is 1. The Labute approximate surface area is 128 Å². The molecular formula is C17H29N3O. The van der Waals surface area contributed by atoms with E-state index in [-0.39, 0.29) is 0 Å². The van der Waals surface area contributed by atoms with Gasteiger partial charge in [-0.25, -0.2) is 0 Å². The summed E-state index contributed by atoms with van der Waals surface area (Å²) in [6.45, 7) is 7.76. The maximum absolute atomic E-state index is 9.88. The van der Waals surface area contributed by atoms with E-state index in [1.54, 1.807) is 0 Å². The Morgan fingerprint density at radius 1 is 1.10 bits per heavy atom. The molecule has 1 heterocycles. The molecule has 0 spiro atoms. The number of hydrogen-bond donors (Lipinski definition) is 2. The molecule has 4 nitrogen and oxygen atoms in total. The first-order chi connectivity index (χ1) is 10.1. The number of unbranched alkanes of at least 4 members (excludes halogenated alkanes) is 1. The van der Waals surface area contributed by atoms with Gasteiger partial charge in [0.2, 0.25) is 0 Å². The maximum atomic E-state index is 9.88. The molecule has 2 rings (SSSR count). The minimum Gasteiger partial charge on any atom is -0.389 e. The molecule has 1 aliphatic rings. The van der Waals surface area contributed by atoms with Crippen LogP contribution in [0.2, 0.25) is 0 Å². The fourth-order valence-corrected chi connectivity index (χ4v) is 2.81. The van der Waals surface area contributed by atoms with E-state index in [4.69, 9.17) is 5.73 Å². The highest BCUT2D eigenvalue weighted by molar-refractivity contribution is 5.46. The molecule has 1 atom stereocenters. The van der Waals surface area contributed by atoms with Gasteiger partial charge < -0.3 is 15.7 Å². The first-order valence-electron chi connectivity index (χ1n) is 8.05. The van der Waals surface area contributed by atoms with E-state index in [1.807, 2.05) is 6.92 Å². The summed E-state index contributed by atoms with van der Waals surface area (Å²) in [6.07, 6.45) is 2.98. The summed E-state index contributed by atoms with van der Waals surface area (Å²) in [5, 5.41) is 9.88. The standard InChI is InChI=1S/C17H29N3O/c1-17(21,15-18)9-5-6-10-19-11-13-20(14-12-19)16-7-3-2-4-8-16/h2-4,7-8,21H,5-6,9-15,18H2,1H3. The third kappa shape index (κ3) is 5.30. The summed E-state index contributed by atoms with van der Waals surface area (Å²) < 4.78 is 0. The number of aliphatic hydroxyl groups is 1. The van der Waals surface area contributed by atoms with Crippen molar-refractivity contribution in [2.45, 2.75) is 31.8 Å². The number of rotatable bonds is 7. The Hall–Kier alpha value is -1.10. The van der Waals surface area contributed by atoms with E-state index in [9.17, 15) is 5.11 Å². The smallest absolute Gasteiger partial charge is 0.0741 e. The van der Waals surface area contributed by atoms with Crippen molar-refractivity contribution in [2.75, 3.05) is 44.2 Å². The van der Waals surface area contributed by atoms with Crippen molar-refractivity contribution >= 4 is 5.69 Å². The summed E-state index contributed by atoms with van der Waals surface area (Å²) in [5.74, 6) is 0. The molecule has 4 heteroatoms. The van der Waals surface area contributed by atoms with Gasteiger partial charge >= 0.3 is 0 Å². The molecule has 0 saturated carbocycles. The zero-order valence-electron chi connectivity index (χ0n) is 13.2. The average Bonchev–Trinajstić information content (AvgIpc) is 2.53. The fourth-order valence-electron chi connectivity index (χ4n) is 2.81. The van der Waals surface area contributed by atoms with Gasteiger partial charge in [-0.1, -0.05) is 18.2 Å². The number of anilines is 1. The van der Waals surface area contributed by atoms with Crippen LogP contribution in [0, 0.1) is 0 Å². The van der Waals surface area contributed by atoms with E-state index in [0.29, 0.717) is 6.54 Å². The third-order valence-electron chi connectivity index (χ3n) is 4.37. The third-order valence-corrected chi connectivity index (χ3v) is 4.37. The van der Waals surface area contributed by atoms with E-state index in [2.05, 4.69) is 40.1 Å². The van der Waals surface area contributed by atoms with Gasteiger partial charge in [0.05, 0.1) is 5.60 Å². The molecular weight excluding hydrogens is 262 g/mol. The SMILES string of the molecule is CC(O)(CN)CCCCN1CCN(c2ccccc2)CC1. The maximum Gasteiger partial charge on any atom is 0.0741 e. The second kappa shape index (κ2) is 7.78. The van der Waals surface area contributed by atoms with Crippen LogP contribution < -0.4 is 10.6 Å². The lowest BCUT2D eigenvalue weighted by atomic mass is 9.99. The van der Waals surface area contributed by atoms with Crippen LogP contribution in [0.5, 0.6) is 0 Å². The average molecular weight is 291 g/mol. The molecule has 0 bridgehead atoms. The molecule has 0 amide bonds. The van der Waals surface area contributed by atoms with Crippen molar-refractivity contribution in [3.63, 3.8) is 0 Å². The molecule has 1 aromatic rings. The Morgan fingerprint density at radius 2 is 1.76 bits per heavy atom. The number of benzene rings is 1. The van der Waals surface area contributed by atoms with Gasteiger partial charge in [0.1, 0.15) is 0 Å². The minimum absolute atomic E-state index is 0.350. The summed E-state index contributed by atoms with van der Waals surface area (Å²) >= 11 is 0. The lowest BCUT2D eigenvalue weighted by molar-refractivity contribution is 0.0563. The molecule has 3 N–H and O–H groups in total. The van der Waals surface area contributed by atoms with Crippen LogP contribution in [0.25, 0.3) is 0 Å². The molecule has 1 aliphatic heterocycles. The van der Waals surface area contributed by atoms with Crippen molar-refractivity contribution in [1.29, 1.82) is 0 Å². The predicted molar refractivity (Wildman–Crippen MR) is 88.6 cm³/mol. The van der Waals surface area contributed by atoms with Gasteiger partial charge in [0.25, 0.3) is 0 Å². The Morgan fingerprint density at radius 3 is 2.38 bits per heavy atom. The molecule has 21 heavy (non-hydrogen) atoms. The Bertz CT molecular complexity index is 400. The second-order valence-corrected chi connectivity index (χ2v) is 6.32. The van der Waals surface area contributed by atoms with E-state index < -0.39 is 5.60 Å². The minimum atomic E-state index is -0.688. The van der Waals surface area contributed by atoms with Gasteiger partial charge in [0.15, 0.2) is 0 Å². The highest BCUT2D eigenvalue weighted by Gasteiger charge is 2.19. The summed E-state index contributed by atoms with van der Waals surface area (Å²) in [7, 11) is 0. The normalized spacial score (nSPS) is 19.5. The first-order valence-corrected chi connectivity index (χ1v) is 8.05. The van der Waals surface area contributed by atoms with Crippen molar-refractivity contribution in [2.24, 2.45) is 5.73 Å². The van der Waals surface area contributed by atoms with Crippen LogP contribution in [0.3, 0.4) is 0 Å². The number of nitrogens with two attached hydrogens (primary N) is 1. The summed E-state index contributed by atoms with van der Waals surface area (Å²) in [5.41, 5.74) is 6.18. The van der Waals surface area contributed by atoms with Crippen LogP contribution in [0.1, 0.15) is 26.2 Å². The van der Waals surface area contributed by atoms with Crippen LogP contribution in [-0.4, -0.2) is 54.9 Å². The predicted octanol–water partition coefficient (Wildman–Crippen LogP) is 1.69. The van der Waals surface area contributed by atoms with Crippen molar-refractivity contribution in [1.82, 2.24) is 4.90 Å². The quantitative estimate of drug-likeness (QED) is 0.751. The fraction of sp³-hybridized carbons (Fsp3) is 0.647. The zero-order chi connectivity index (χ0) is 15.1. The Balaban J connectivity index is 1.63. The molecule has 0 aliphatic carbocycles. The van der Waals surface area contributed by atoms with E-state index in [0.717, 1.165) is 52.0 Å². The first kappa shape index (κ1) is 16.3.